The van der Waals surface area contributed by atoms with Crippen LogP contribution in [0.5, 0.6) is 0 Å². The molecule has 15 heteroatoms. The molecule has 0 aliphatic carbocycles. The van der Waals surface area contributed by atoms with Crippen molar-refractivity contribution in [3.05, 3.63) is 27.8 Å². The number of alkyl halides is 3. The number of hydrogen-bond donors (Lipinski definition) is 1. The monoisotopic (exact) mass is 591 g/mol. The zero-order chi connectivity index (χ0) is 27.5. The van der Waals surface area contributed by atoms with Crippen LogP contribution in [0, 0.1) is 13.8 Å². The number of rotatable bonds is 7. The average Bonchev–Trinajstić information content (AvgIpc) is 3.35. The van der Waals surface area contributed by atoms with Gasteiger partial charge in [-0.3, -0.25) is 19.0 Å². The van der Waals surface area contributed by atoms with Gasteiger partial charge in [-0.25, -0.2) is 4.79 Å². The Labute approximate surface area is 220 Å². The number of anilines is 1. The predicted octanol–water partition coefficient (Wildman–Crippen LogP) is 3.37. The minimum Gasteiger partial charge on any atom is -0.450 e. The summed E-state index contributed by atoms with van der Waals surface area (Å²) >= 11 is 2.91. The van der Waals surface area contributed by atoms with Crippen LogP contribution in [-0.4, -0.2) is 80.1 Å². The van der Waals surface area contributed by atoms with Gasteiger partial charge in [-0.15, -0.1) is 0 Å². The Morgan fingerprint density at radius 2 is 1.76 bits per heavy atom. The third kappa shape index (κ3) is 6.62. The third-order valence-corrected chi connectivity index (χ3v) is 6.96. The maximum absolute atomic E-state index is 13.1. The molecule has 3 heterocycles. The van der Waals surface area contributed by atoms with Crippen LogP contribution in [0.2, 0.25) is 0 Å². The highest BCUT2D eigenvalue weighted by atomic mass is 79.9. The molecule has 0 radical (unpaired) electrons. The van der Waals surface area contributed by atoms with Crippen molar-refractivity contribution < 1.29 is 32.3 Å². The number of carbonyl (C=O) groups excluding carboxylic acids is 3. The van der Waals surface area contributed by atoms with Gasteiger partial charge in [0.05, 0.1) is 34.7 Å². The summed E-state index contributed by atoms with van der Waals surface area (Å²) in [5.41, 5.74) is 0.103. The van der Waals surface area contributed by atoms with Crippen LogP contribution < -0.4 is 5.32 Å². The first-order chi connectivity index (χ1) is 17.3. The van der Waals surface area contributed by atoms with Crippen LogP contribution in [-0.2, 0) is 27.0 Å². The highest BCUT2D eigenvalue weighted by molar-refractivity contribution is 9.10. The fourth-order valence-corrected chi connectivity index (χ4v) is 4.36. The Morgan fingerprint density at radius 1 is 1.14 bits per heavy atom. The molecule has 204 valence electrons. The molecule has 37 heavy (non-hydrogen) atoms. The SMILES string of the molecule is CCOC(=O)N1CCN(C(=O)C(C)n2cc(NC(=O)CCn3nc(C(F)(F)F)c(Br)c3C)c(C)n2)CC1. The van der Waals surface area contributed by atoms with Crippen LogP contribution in [0.15, 0.2) is 10.7 Å². The van der Waals surface area contributed by atoms with Crippen LogP contribution in [0.4, 0.5) is 23.7 Å². The Hall–Kier alpha value is -3.10. The van der Waals surface area contributed by atoms with E-state index in [2.05, 4.69) is 31.4 Å². The maximum atomic E-state index is 13.1. The first-order valence-corrected chi connectivity index (χ1v) is 12.5. The van der Waals surface area contributed by atoms with E-state index in [4.69, 9.17) is 4.74 Å². The number of ether oxygens (including phenoxy) is 1. The molecule has 2 aromatic rings. The van der Waals surface area contributed by atoms with Gasteiger partial charge >= 0.3 is 12.3 Å². The van der Waals surface area contributed by atoms with Gasteiger partial charge < -0.3 is 19.9 Å². The zero-order valence-corrected chi connectivity index (χ0v) is 22.5. The van der Waals surface area contributed by atoms with Crippen LogP contribution in [0.1, 0.15) is 43.4 Å². The number of nitrogens with zero attached hydrogens (tertiary/aromatic N) is 6. The van der Waals surface area contributed by atoms with E-state index in [0.29, 0.717) is 37.6 Å². The second-order valence-corrected chi connectivity index (χ2v) is 9.36. The number of amides is 3. The number of piperazine rings is 1. The fourth-order valence-electron chi connectivity index (χ4n) is 3.85. The van der Waals surface area contributed by atoms with Gasteiger partial charge in [-0.1, -0.05) is 0 Å². The van der Waals surface area contributed by atoms with E-state index in [0.717, 1.165) is 4.68 Å². The second-order valence-electron chi connectivity index (χ2n) is 8.56. The first kappa shape index (κ1) is 28.5. The maximum Gasteiger partial charge on any atom is 0.436 e. The summed E-state index contributed by atoms with van der Waals surface area (Å²) in [6.45, 7) is 8.28. The minimum absolute atomic E-state index is 0.0494. The summed E-state index contributed by atoms with van der Waals surface area (Å²) in [5, 5.41) is 10.6. The fraction of sp³-hybridized carbons (Fsp3) is 0.591. The number of aromatic nitrogens is 4. The molecule has 0 aromatic carbocycles. The van der Waals surface area contributed by atoms with Gasteiger partial charge in [-0.05, 0) is 43.6 Å². The predicted molar refractivity (Wildman–Crippen MR) is 130 cm³/mol. The summed E-state index contributed by atoms with van der Waals surface area (Å²) in [4.78, 5) is 40.5. The van der Waals surface area contributed by atoms with Crippen molar-refractivity contribution in [3.8, 4) is 0 Å². The van der Waals surface area contributed by atoms with Gasteiger partial charge in [0, 0.05) is 38.8 Å². The summed E-state index contributed by atoms with van der Waals surface area (Å²) in [6.07, 6.45) is -3.58. The van der Waals surface area contributed by atoms with Crippen molar-refractivity contribution in [2.45, 2.75) is 52.9 Å². The molecule has 0 bridgehead atoms. The molecule has 1 N–H and O–H groups in total. The van der Waals surface area contributed by atoms with Gasteiger partial charge in [0.25, 0.3) is 0 Å². The number of carbonyl (C=O) groups is 3. The highest BCUT2D eigenvalue weighted by Gasteiger charge is 2.38. The number of aryl methyl sites for hydroxylation is 2. The molecule has 0 spiro atoms. The molecular weight excluding hydrogens is 563 g/mol. The lowest BCUT2D eigenvalue weighted by molar-refractivity contribution is -0.142. The zero-order valence-electron chi connectivity index (χ0n) is 20.9. The van der Waals surface area contributed by atoms with Crippen molar-refractivity contribution in [1.29, 1.82) is 0 Å². The molecule has 1 atom stereocenters. The second kappa shape index (κ2) is 11.5. The molecule has 11 nitrogen and oxygen atoms in total. The van der Waals surface area contributed by atoms with Crippen molar-refractivity contribution in [3.63, 3.8) is 0 Å². The lowest BCUT2D eigenvalue weighted by Crippen LogP contribution is -2.52. The molecule has 1 saturated heterocycles. The van der Waals surface area contributed by atoms with Gasteiger partial charge in [0.2, 0.25) is 11.8 Å². The minimum atomic E-state index is -4.61. The van der Waals surface area contributed by atoms with E-state index in [1.54, 1.807) is 36.8 Å². The van der Waals surface area contributed by atoms with Crippen molar-refractivity contribution in [1.82, 2.24) is 29.4 Å². The summed E-state index contributed by atoms with van der Waals surface area (Å²) in [7, 11) is 0. The van der Waals surface area contributed by atoms with E-state index < -0.39 is 29.9 Å². The van der Waals surface area contributed by atoms with Gasteiger partial charge in [0.15, 0.2) is 5.69 Å². The molecule has 1 aliphatic heterocycles. The quantitative estimate of drug-likeness (QED) is 0.528. The highest BCUT2D eigenvalue weighted by Crippen LogP contribution is 2.35. The number of hydrogen-bond acceptors (Lipinski definition) is 6. The van der Waals surface area contributed by atoms with Crippen molar-refractivity contribution in [2.75, 3.05) is 38.1 Å². The summed E-state index contributed by atoms with van der Waals surface area (Å²) in [6, 6.07) is -0.650. The Bertz CT molecular complexity index is 1160. The first-order valence-electron chi connectivity index (χ1n) is 11.7. The topological polar surface area (TPSA) is 115 Å². The summed E-state index contributed by atoms with van der Waals surface area (Å²) in [5.74, 6) is -0.611. The number of halogens is 4. The van der Waals surface area contributed by atoms with E-state index in [1.165, 1.54) is 11.6 Å². The van der Waals surface area contributed by atoms with Gasteiger partial charge in [-0.2, -0.15) is 23.4 Å². The molecule has 0 saturated carbocycles. The Morgan fingerprint density at radius 3 is 2.32 bits per heavy atom. The third-order valence-electron chi connectivity index (χ3n) is 6.01. The summed E-state index contributed by atoms with van der Waals surface area (Å²) < 4.78 is 46.6. The van der Waals surface area contributed by atoms with Gasteiger partial charge in [0.1, 0.15) is 6.04 Å². The number of nitrogens with one attached hydrogen (secondary N) is 1. The molecule has 3 amide bonds. The van der Waals surface area contributed by atoms with Crippen LogP contribution >= 0.6 is 15.9 Å². The molecule has 2 aromatic heterocycles. The van der Waals surface area contributed by atoms with Crippen LogP contribution in [0.25, 0.3) is 0 Å². The normalized spacial score (nSPS) is 15.0. The molecule has 1 unspecified atom stereocenters. The smallest absolute Gasteiger partial charge is 0.436 e. The van der Waals surface area contributed by atoms with E-state index in [9.17, 15) is 27.6 Å². The van der Waals surface area contributed by atoms with E-state index in [-0.39, 0.29) is 35.6 Å². The molecule has 1 fully saturated rings. The van der Waals surface area contributed by atoms with E-state index in [1.807, 2.05) is 0 Å². The van der Waals surface area contributed by atoms with E-state index >= 15 is 0 Å². The molecule has 3 rings (SSSR count). The average molecular weight is 592 g/mol. The lowest BCUT2D eigenvalue weighted by Gasteiger charge is -2.35. The lowest BCUT2D eigenvalue weighted by atomic mass is 10.2. The Kier molecular flexibility index (Phi) is 8.87. The Balaban J connectivity index is 1.57. The largest absolute Gasteiger partial charge is 0.450 e. The van der Waals surface area contributed by atoms with Crippen molar-refractivity contribution >= 4 is 39.5 Å². The van der Waals surface area contributed by atoms with Crippen molar-refractivity contribution in [2.24, 2.45) is 0 Å². The molecule has 1 aliphatic rings. The van der Waals surface area contributed by atoms with Crippen LogP contribution in [0.3, 0.4) is 0 Å². The molecular formula is C22H29BrF3N7O4. The standard InChI is InChI=1S/C22H29BrF3N7O4/c1-5-37-21(36)31-10-8-30(9-11-31)20(35)15(4)33-12-16(13(2)28-33)27-17(34)6-7-32-14(3)18(23)19(29-32)22(24,25)26/h12,15H,5-11H2,1-4H3,(H,27,34).